The first-order valence-electron chi connectivity index (χ1n) is 16.3. The van der Waals surface area contributed by atoms with Gasteiger partial charge in [0.1, 0.15) is 6.10 Å². The molecular formula is C38H64O2. The van der Waals surface area contributed by atoms with Crippen LogP contribution >= 0.6 is 0 Å². The quantitative estimate of drug-likeness (QED) is 0.0676. The van der Waals surface area contributed by atoms with Crippen molar-refractivity contribution in [2.75, 3.05) is 0 Å². The van der Waals surface area contributed by atoms with Crippen LogP contribution in [-0.2, 0) is 9.53 Å². The van der Waals surface area contributed by atoms with Gasteiger partial charge in [-0.1, -0.05) is 104 Å². The topological polar surface area (TPSA) is 26.3 Å². The number of carbonyl (C=O) groups excluding carboxylic acids is 1. The number of carbonyl (C=O) groups is 1. The molecule has 40 heavy (non-hydrogen) atoms. The normalized spacial score (nSPS) is 13.2. The molecule has 0 rings (SSSR count). The summed E-state index contributed by atoms with van der Waals surface area (Å²) in [7, 11) is 0. The van der Waals surface area contributed by atoms with Gasteiger partial charge in [-0.3, -0.25) is 4.79 Å². The third-order valence-electron chi connectivity index (χ3n) is 6.97. The summed E-state index contributed by atoms with van der Waals surface area (Å²) in [4.78, 5) is 12.7. The molecule has 0 spiro atoms. The van der Waals surface area contributed by atoms with Crippen molar-refractivity contribution in [3.05, 3.63) is 70.9 Å². The first kappa shape index (κ1) is 37.9. The van der Waals surface area contributed by atoms with E-state index in [4.69, 9.17) is 4.74 Å². The molecule has 0 aliphatic rings. The van der Waals surface area contributed by atoms with Crippen LogP contribution in [0.5, 0.6) is 0 Å². The van der Waals surface area contributed by atoms with Gasteiger partial charge in [-0.15, -0.1) is 0 Å². The van der Waals surface area contributed by atoms with Gasteiger partial charge in [0.05, 0.1) is 0 Å². The summed E-state index contributed by atoms with van der Waals surface area (Å²) in [6.45, 7) is 15.2. The minimum absolute atomic E-state index is 0.0559. The lowest BCUT2D eigenvalue weighted by Crippen LogP contribution is -2.16. The Labute approximate surface area is 249 Å². The summed E-state index contributed by atoms with van der Waals surface area (Å²) in [6.07, 6.45) is 36.6. The summed E-state index contributed by atoms with van der Waals surface area (Å²) >= 11 is 0. The second-order valence-electron chi connectivity index (χ2n) is 11.9. The van der Waals surface area contributed by atoms with Crippen molar-refractivity contribution in [2.24, 2.45) is 0 Å². The lowest BCUT2D eigenvalue weighted by molar-refractivity contribution is -0.146. The molecule has 0 N–H and O–H groups in total. The van der Waals surface area contributed by atoms with Crippen LogP contribution in [0.1, 0.15) is 158 Å². The van der Waals surface area contributed by atoms with E-state index in [1.807, 2.05) is 0 Å². The van der Waals surface area contributed by atoms with Gasteiger partial charge in [-0.05, 0) is 112 Å². The second-order valence-corrected chi connectivity index (χ2v) is 11.9. The van der Waals surface area contributed by atoms with Crippen LogP contribution in [0.15, 0.2) is 70.9 Å². The van der Waals surface area contributed by atoms with Crippen molar-refractivity contribution in [1.82, 2.24) is 0 Å². The van der Waals surface area contributed by atoms with Crippen molar-refractivity contribution in [1.29, 1.82) is 0 Å². The third kappa shape index (κ3) is 27.5. The zero-order valence-electron chi connectivity index (χ0n) is 27.5. The fourth-order valence-electron chi connectivity index (χ4n) is 4.46. The molecule has 0 bridgehead atoms. The van der Waals surface area contributed by atoms with E-state index < -0.39 is 0 Å². The molecule has 0 aromatic carbocycles. The molecule has 0 fully saturated rings. The van der Waals surface area contributed by atoms with Crippen LogP contribution in [0.25, 0.3) is 0 Å². The van der Waals surface area contributed by atoms with Gasteiger partial charge in [-0.25, -0.2) is 0 Å². The van der Waals surface area contributed by atoms with Gasteiger partial charge in [0.25, 0.3) is 0 Å². The number of hydrogen-bond acceptors (Lipinski definition) is 2. The molecule has 1 atom stereocenters. The Kier molecular flexibility index (Phi) is 25.7. The molecule has 1 unspecified atom stereocenters. The number of hydrogen-bond donors (Lipinski definition) is 0. The van der Waals surface area contributed by atoms with E-state index in [9.17, 15) is 4.79 Å². The fourth-order valence-corrected chi connectivity index (χ4v) is 4.46. The Morgan fingerprint density at radius 1 is 0.600 bits per heavy atom. The molecule has 0 aliphatic heterocycles. The summed E-state index contributed by atoms with van der Waals surface area (Å²) in [5.74, 6) is -0.0559. The Balaban J connectivity index is 4.41. The maximum atomic E-state index is 12.7. The molecule has 2 nitrogen and oxygen atoms in total. The minimum atomic E-state index is -0.171. The average molecular weight is 553 g/mol. The van der Waals surface area contributed by atoms with Gasteiger partial charge < -0.3 is 4.74 Å². The monoisotopic (exact) mass is 552 g/mol. The van der Waals surface area contributed by atoms with Crippen molar-refractivity contribution < 1.29 is 9.53 Å². The summed E-state index contributed by atoms with van der Waals surface area (Å²) in [6, 6.07) is 0. The molecule has 228 valence electrons. The highest BCUT2D eigenvalue weighted by Crippen LogP contribution is 2.16. The zero-order valence-corrected chi connectivity index (χ0v) is 27.5. The van der Waals surface area contributed by atoms with Crippen LogP contribution in [0.3, 0.4) is 0 Å². The van der Waals surface area contributed by atoms with Crippen LogP contribution in [0, 0.1) is 0 Å². The summed E-state index contributed by atoms with van der Waals surface area (Å²) in [5, 5.41) is 0. The average Bonchev–Trinajstić information content (AvgIpc) is 2.89. The maximum Gasteiger partial charge on any atom is 0.306 e. The zero-order chi connectivity index (χ0) is 29.8. The molecule has 0 saturated carbocycles. The van der Waals surface area contributed by atoms with Gasteiger partial charge in [0, 0.05) is 12.8 Å². The van der Waals surface area contributed by atoms with Crippen molar-refractivity contribution >= 4 is 5.97 Å². The number of esters is 1. The maximum absolute atomic E-state index is 12.7. The lowest BCUT2D eigenvalue weighted by Gasteiger charge is -2.15. The second kappa shape index (κ2) is 27.1. The number of allylic oxidation sites excluding steroid dienone is 10. The standard InChI is InChI=1S/C38H64O2/c1-8-9-10-11-12-13-14-15-16-17-18-19-20-21-22-29-38(39)40-37(32-36(7)28-24-26-34(4)5)31-30-35(6)27-23-25-33(2)3/h12-13,15-16,25-26,30,32,37H,8-11,14,17-24,27-29,31H2,1-7H3/b13-12-,16-15-,35-30+,36-32+. The van der Waals surface area contributed by atoms with E-state index >= 15 is 0 Å². The molecule has 0 aliphatic carbocycles. The van der Waals surface area contributed by atoms with E-state index in [-0.39, 0.29) is 12.1 Å². The highest BCUT2D eigenvalue weighted by molar-refractivity contribution is 5.69. The molecular weight excluding hydrogens is 488 g/mol. The Morgan fingerprint density at radius 3 is 1.75 bits per heavy atom. The van der Waals surface area contributed by atoms with Gasteiger partial charge in [0.2, 0.25) is 0 Å². The number of ether oxygens (including phenoxy) is 1. The lowest BCUT2D eigenvalue weighted by atomic mass is 10.0. The highest BCUT2D eigenvalue weighted by atomic mass is 16.5. The van der Waals surface area contributed by atoms with E-state index in [2.05, 4.69) is 97.1 Å². The van der Waals surface area contributed by atoms with Crippen molar-refractivity contribution in [3.63, 3.8) is 0 Å². The van der Waals surface area contributed by atoms with E-state index in [1.54, 1.807) is 0 Å². The molecule has 0 heterocycles. The van der Waals surface area contributed by atoms with Crippen LogP contribution in [0.2, 0.25) is 0 Å². The van der Waals surface area contributed by atoms with Crippen LogP contribution in [0.4, 0.5) is 0 Å². The highest BCUT2D eigenvalue weighted by Gasteiger charge is 2.12. The SMILES string of the molecule is CCCCC/C=C\C/C=C\CCCCCCCC(=O)OC(/C=C(\C)CCC=C(C)C)C/C=C(\C)CCC=C(C)C. The van der Waals surface area contributed by atoms with Crippen LogP contribution < -0.4 is 0 Å². The molecule has 0 amide bonds. The van der Waals surface area contributed by atoms with E-state index in [1.165, 1.54) is 67.2 Å². The van der Waals surface area contributed by atoms with Crippen molar-refractivity contribution in [3.8, 4) is 0 Å². The van der Waals surface area contributed by atoms with Gasteiger partial charge >= 0.3 is 5.97 Å². The summed E-state index contributed by atoms with van der Waals surface area (Å²) in [5.41, 5.74) is 5.37. The molecule has 0 aromatic rings. The molecule has 0 saturated heterocycles. The minimum Gasteiger partial charge on any atom is -0.458 e. The molecule has 0 radical (unpaired) electrons. The third-order valence-corrected chi connectivity index (χ3v) is 6.97. The van der Waals surface area contributed by atoms with E-state index in [0.29, 0.717) is 6.42 Å². The van der Waals surface area contributed by atoms with Crippen LogP contribution in [-0.4, -0.2) is 12.1 Å². The van der Waals surface area contributed by atoms with Crippen molar-refractivity contribution in [2.45, 2.75) is 164 Å². The number of unbranched alkanes of at least 4 members (excludes halogenated alkanes) is 8. The fraction of sp³-hybridized carbons (Fsp3) is 0.658. The smallest absolute Gasteiger partial charge is 0.306 e. The predicted molar refractivity (Wildman–Crippen MR) is 179 cm³/mol. The Hall–Kier alpha value is -2.09. The Morgan fingerprint density at radius 2 is 1.15 bits per heavy atom. The molecule has 0 aromatic heterocycles. The van der Waals surface area contributed by atoms with Gasteiger partial charge in [-0.2, -0.15) is 0 Å². The number of rotatable bonds is 24. The summed E-state index contributed by atoms with van der Waals surface area (Å²) < 4.78 is 5.96. The Bertz CT molecular complexity index is 810. The largest absolute Gasteiger partial charge is 0.458 e. The van der Waals surface area contributed by atoms with Gasteiger partial charge in [0.15, 0.2) is 0 Å². The first-order chi connectivity index (χ1) is 19.2. The first-order valence-corrected chi connectivity index (χ1v) is 16.3. The van der Waals surface area contributed by atoms with E-state index in [0.717, 1.165) is 57.8 Å². The predicted octanol–water partition coefficient (Wildman–Crippen LogP) is 12.5. The molecule has 2 heteroatoms.